The van der Waals surface area contributed by atoms with Gasteiger partial charge in [-0.2, -0.15) is 0 Å². The van der Waals surface area contributed by atoms with Crippen molar-refractivity contribution < 1.29 is 19.3 Å². The molecule has 0 saturated carbocycles. The molecule has 0 atom stereocenters. The van der Waals surface area contributed by atoms with Crippen molar-refractivity contribution in [2.45, 2.75) is 13.1 Å². The van der Waals surface area contributed by atoms with Crippen LogP contribution in [0.25, 0.3) is 0 Å². The fraction of sp³-hybridized carbons (Fsp3) is 0.125. The number of hydrogen-bond acceptors (Lipinski definition) is 6. The maximum Gasteiger partial charge on any atom is 0.269 e. The smallest absolute Gasteiger partial charge is 0.269 e. The zero-order valence-corrected chi connectivity index (χ0v) is 13.4. The van der Waals surface area contributed by atoms with E-state index in [9.17, 15) is 30.6 Å². The third-order valence-corrected chi connectivity index (χ3v) is 3.37. The molecule has 0 amide bonds. The second-order valence-corrected chi connectivity index (χ2v) is 5.30. The van der Waals surface area contributed by atoms with Crippen LogP contribution >= 0.6 is 0 Å². The largest absolute Gasteiger partial charge is 0.623 e. The lowest BCUT2D eigenvalue weighted by Crippen LogP contribution is -2.11. The molecule has 10 nitrogen and oxygen atoms in total. The van der Waals surface area contributed by atoms with E-state index in [0.717, 1.165) is 12.4 Å². The van der Waals surface area contributed by atoms with Crippen molar-refractivity contribution in [1.29, 1.82) is 0 Å². The molecule has 0 bridgehead atoms. The fourth-order valence-electron chi connectivity index (χ4n) is 2.06. The van der Waals surface area contributed by atoms with Crippen LogP contribution in [-0.4, -0.2) is 31.8 Å². The maximum absolute atomic E-state index is 11.8. The van der Waals surface area contributed by atoms with E-state index in [1.54, 1.807) is 0 Å². The van der Waals surface area contributed by atoms with Crippen LogP contribution in [0.15, 0.2) is 48.5 Å². The summed E-state index contributed by atoms with van der Waals surface area (Å²) >= 11 is 0. The minimum absolute atomic E-state index is 0.0696. The molecule has 10 heteroatoms. The van der Waals surface area contributed by atoms with Crippen LogP contribution < -0.4 is 0 Å². The Labute approximate surface area is 147 Å². The molecule has 0 unspecified atom stereocenters. The molecule has 2 aromatic rings. The molecule has 0 spiro atoms. The molecule has 0 heterocycles. The van der Waals surface area contributed by atoms with Gasteiger partial charge in [0.05, 0.1) is 9.85 Å². The Bertz CT molecular complexity index is 786. The van der Waals surface area contributed by atoms with E-state index in [0.29, 0.717) is 20.6 Å². The third kappa shape index (κ3) is 5.37. The van der Waals surface area contributed by atoms with Crippen molar-refractivity contribution in [3.8, 4) is 0 Å². The Balaban J connectivity index is 1.97. The second kappa shape index (κ2) is 8.33. The number of non-ortho nitro benzene ring substituents is 2. The highest BCUT2D eigenvalue weighted by Gasteiger charge is 2.07. The summed E-state index contributed by atoms with van der Waals surface area (Å²) in [6, 6.07) is 11.0. The molecule has 0 aliphatic carbocycles. The summed E-state index contributed by atoms with van der Waals surface area (Å²) in [7, 11) is 0. The normalized spacial score (nSPS) is 12.0. The van der Waals surface area contributed by atoms with Crippen LogP contribution in [-0.2, 0) is 13.1 Å². The number of rotatable bonds is 7. The molecule has 0 saturated heterocycles. The first-order valence-electron chi connectivity index (χ1n) is 7.37. The van der Waals surface area contributed by atoms with Gasteiger partial charge in [0.15, 0.2) is 13.1 Å². The van der Waals surface area contributed by atoms with E-state index in [1.807, 2.05) is 0 Å². The Hall–Kier alpha value is -3.82. The molecule has 0 N–H and O–H groups in total. The molecule has 0 aromatic heterocycles. The molecule has 2 aromatic carbocycles. The quantitative estimate of drug-likeness (QED) is 0.245. The monoisotopic (exact) mass is 358 g/mol. The van der Waals surface area contributed by atoms with Crippen molar-refractivity contribution >= 4 is 23.8 Å². The minimum atomic E-state index is -0.536. The number of benzene rings is 2. The van der Waals surface area contributed by atoms with Crippen LogP contribution in [0.1, 0.15) is 11.1 Å². The van der Waals surface area contributed by atoms with Gasteiger partial charge in [0.25, 0.3) is 11.4 Å². The molecule has 134 valence electrons. The average molecular weight is 358 g/mol. The second-order valence-electron chi connectivity index (χ2n) is 5.30. The molecule has 2 rings (SSSR count). The van der Waals surface area contributed by atoms with Gasteiger partial charge in [-0.05, 0) is 24.3 Å². The highest BCUT2D eigenvalue weighted by atomic mass is 16.6. The third-order valence-electron chi connectivity index (χ3n) is 3.37. The summed E-state index contributed by atoms with van der Waals surface area (Å²) in [5, 5.41) is 44.7. The highest BCUT2D eigenvalue weighted by Crippen LogP contribution is 2.13. The molecule has 26 heavy (non-hydrogen) atoms. The predicted octanol–water partition coefficient (Wildman–Crippen LogP) is 2.37. The zero-order valence-electron chi connectivity index (χ0n) is 13.4. The summed E-state index contributed by atoms with van der Waals surface area (Å²) in [6.45, 7) is -0.139. The van der Waals surface area contributed by atoms with E-state index >= 15 is 0 Å². The Morgan fingerprint density at radius 2 is 0.923 bits per heavy atom. The van der Waals surface area contributed by atoms with E-state index in [4.69, 9.17) is 0 Å². The number of nitro groups is 2. The van der Waals surface area contributed by atoms with Crippen LogP contribution in [0.3, 0.4) is 0 Å². The molecule has 0 aliphatic heterocycles. The van der Waals surface area contributed by atoms with Gasteiger partial charge in [-0.25, -0.2) is 9.48 Å². The number of hydroxylamine groups is 2. The van der Waals surface area contributed by atoms with Gasteiger partial charge >= 0.3 is 0 Å². The molecular formula is C16H14N4O6. The standard InChI is InChI=1S/C16H14N4O6/c21-17(11-13-1-5-15(6-2-13)19(23)24)9-10-18(22)12-14-3-7-16(8-4-14)20(25)26/h1-10H,11-12H2/b17-9-,18-10-. The first-order valence-corrected chi connectivity index (χ1v) is 7.37. The lowest BCUT2D eigenvalue weighted by molar-refractivity contribution is -0.482. The van der Waals surface area contributed by atoms with Crippen LogP contribution in [0, 0.1) is 30.6 Å². The van der Waals surface area contributed by atoms with Gasteiger partial charge in [0.1, 0.15) is 0 Å². The minimum Gasteiger partial charge on any atom is -0.623 e. The topological polar surface area (TPSA) is 138 Å². The molecule has 0 radical (unpaired) electrons. The van der Waals surface area contributed by atoms with Crippen molar-refractivity contribution in [2.24, 2.45) is 0 Å². The fourth-order valence-corrected chi connectivity index (χ4v) is 2.06. The van der Waals surface area contributed by atoms with Crippen molar-refractivity contribution in [3.63, 3.8) is 0 Å². The van der Waals surface area contributed by atoms with Crippen molar-refractivity contribution in [3.05, 3.63) is 90.3 Å². The lowest BCUT2D eigenvalue weighted by Gasteiger charge is -2.04. The Morgan fingerprint density at radius 1 is 0.615 bits per heavy atom. The SMILES string of the molecule is O=[N+]([O-])c1ccc(C/[N+]([O-])=C/C=[N+](\[O-])Cc2ccc([N+](=O)[O-])cc2)cc1. The number of nitro benzene ring substituents is 2. The first-order chi connectivity index (χ1) is 12.3. The molecule has 0 aliphatic rings. The summed E-state index contributed by atoms with van der Waals surface area (Å²) in [5.41, 5.74) is 0.970. The van der Waals surface area contributed by atoms with E-state index in [1.165, 1.54) is 48.5 Å². The van der Waals surface area contributed by atoms with E-state index in [2.05, 4.69) is 0 Å². The summed E-state index contributed by atoms with van der Waals surface area (Å²) in [4.78, 5) is 20.1. The van der Waals surface area contributed by atoms with Crippen LogP contribution in [0.2, 0.25) is 0 Å². The van der Waals surface area contributed by atoms with E-state index in [-0.39, 0.29) is 24.5 Å². The van der Waals surface area contributed by atoms with Gasteiger partial charge in [-0.15, -0.1) is 0 Å². The van der Waals surface area contributed by atoms with Crippen LogP contribution in [0.4, 0.5) is 11.4 Å². The summed E-state index contributed by atoms with van der Waals surface area (Å²) in [6.07, 6.45) is 2.08. The average Bonchev–Trinajstić information content (AvgIpc) is 2.61. The highest BCUT2D eigenvalue weighted by molar-refractivity contribution is 6.10. The van der Waals surface area contributed by atoms with Crippen molar-refractivity contribution in [2.75, 3.05) is 0 Å². The zero-order chi connectivity index (χ0) is 19.1. The van der Waals surface area contributed by atoms with Gasteiger partial charge in [-0.1, -0.05) is 0 Å². The van der Waals surface area contributed by atoms with Gasteiger partial charge < -0.3 is 10.4 Å². The summed E-state index contributed by atoms with van der Waals surface area (Å²) < 4.78 is 1.03. The number of nitrogens with zero attached hydrogens (tertiary/aromatic N) is 4. The molecule has 0 fully saturated rings. The van der Waals surface area contributed by atoms with Gasteiger partial charge in [-0.3, -0.25) is 20.2 Å². The van der Waals surface area contributed by atoms with E-state index < -0.39 is 9.85 Å². The lowest BCUT2D eigenvalue weighted by atomic mass is 10.2. The Kier molecular flexibility index (Phi) is 5.93. The summed E-state index contributed by atoms with van der Waals surface area (Å²) in [5.74, 6) is 0. The predicted molar refractivity (Wildman–Crippen MR) is 93.0 cm³/mol. The maximum atomic E-state index is 11.8. The molecular weight excluding hydrogens is 344 g/mol. The first kappa shape index (κ1) is 18.5. The van der Waals surface area contributed by atoms with Crippen LogP contribution in [0.5, 0.6) is 0 Å². The van der Waals surface area contributed by atoms with Gasteiger partial charge in [0, 0.05) is 35.4 Å². The van der Waals surface area contributed by atoms with Gasteiger partial charge in [0.2, 0.25) is 12.4 Å². The number of hydrogen-bond donors (Lipinski definition) is 0. The Morgan fingerprint density at radius 3 is 1.19 bits per heavy atom. The van der Waals surface area contributed by atoms with Crippen molar-refractivity contribution in [1.82, 2.24) is 0 Å².